The maximum Gasteiger partial charge on any atom is 0.471 e. The summed E-state index contributed by atoms with van der Waals surface area (Å²) in [7, 11) is 0. The zero-order valence-electron chi connectivity index (χ0n) is 10.4. The van der Waals surface area contributed by atoms with Gasteiger partial charge in [-0.15, -0.1) is 0 Å². The van der Waals surface area contributed by atoms with Gasteiger partial charge in [-0.2, -0.15) is 18.2 Å². The van der Waals surface area contributed by atoms with Gasteiger partial charge in [0.25, 0.3) is 5.89 Å². The summed E-state index contributed by atoms with van der Waals surface area (Å²) in [5.41, 5.74) is 1.70. The van der Waals surface area contributed by atoms with Crippen molar-refractivity contribution in [3.63, 3.8) is 0 Å². The molecular weight excluding hydrogens is 275 g/mol. The lowest BCUT2D eigenvalue weighted by Gasteiger charge is -2.04. The Kier molecular flexibility index (Phi) is 3.73. The van der Waals surface area contributed by atoms with Crippen molar-refractivity contribution in [3.8, 4) is 11.5 Å². The van der Waals surface area contributed by atoms with Crippen LogP contribution in [0.1, 0.15) is 11.4 Å². The molecule has 106 valence electrons. The highest BCUT2D eigenvalue weighted by Gasteiger charge is 2.38. The zero-order chi connectivity index (χ0) is 14.8. The van der Waals surface area contributed by atoms with Crippen LogP contribution in [0.3, 0.4) is 0 Å². The SMILES string of the molecule is Cc1ccc(-c2nc(CNC(=O)C(F)(F)F)no2)cc1. The fourth-order valence-corrected chi connectivity index (χ4v) is 1.40. The van der Waals surface area contributed by atoms with Gasteiger partial charge < -0.3 is 9.84 Å². The van der Waals surface area contributed by atoms with Crippen molar-refractivity contribution < 1.29 is 22.5 Å². The van der Waals surface area contributed by atoms with Crippen LogP contribution < -0.4 is 5.32 Å². The van der Waals surface area contributed by atoms with Gasteiger partial charge in [-0.3, -0.25) is 4.79 Å². The van der Waals surface area contributed by atoms with Crippen molar-refractivity contribution in [2.24, 2.45) is 0 Å². The minimum atomic E-state index is -4.93. The number of hydrogen-bond acceptors (Lipinski definition) is 4. The second kappa shape index (κ2) is 5.32. The number of nitrogens with one attached hydrogen (secondary N) is 1. The monoisotopic (exact) mass is 285 g/mol. The van der Waals surface area contributed by atoms with Crippen LogP contribution in [0.25, 0.3) is 11.5 Å². The van der Waals surface area contributed by atoms with Crippen LogP contribution in [-0.2, 0) is 11.3 Å². The van der Waals surface area contributed by atoms with E-state index in [0.29, 0.717) is 5.56 Å². The molecule has 2 aromatic rings. The van der Waals surface area contributed by atoms with E-state index in [4.69, 9.17) is 4.52 Å². The summed E-state index contributed by atoms with van der Waals surface area (Å²) < 4.78 is 40.9. The highest BCUT2D eigenvalue weighted by atomic mass is 19.4. The van der Waals surface area contributed by atoms with E-state index < -0.39 is 18.6 Å². The summed E-state index contributed by atoms with van der Waals surface area (Å²) in [4.78, 5) is 14.5. The van der Waals surface area contributed by atoms with Crippen LogP contribution in [-0.4, -0.2) is 22.2 Å². The van der Waals surface area contributed by atoms with Gasteiger partial charge in [-0.05, 0) is 19.1 Å². The Hall–Kier alpha value is -2.38. The smallest absolute Gasteiger partial charge is 0.341 e. The molecule has 1 aromatic carbocycles. The molecule has 0 saturated carbocycles. The van der Waals surface area contributed by atoms with Gasteiger partial charge >= 0.3 is 12.1 Å². The van der Waals surface area contributed by atoms with Crippen LogP contribution in [0.15, 0.2) is 28.8 Å². The average molecular weight is 285 g/mol. The largest absolute Gasteiger partial charge is 0.471 e. The molecule has 0 aliphatic heterocycles. The fraction of sp³-hybridized carbons (Fsp3) is 0.250. The van der Waals surface area contributed by atoms with E-state index >= 15 is 0 Å². The number of halogens is 3. The van der Waals surface area contributed by atoms with E-state index in [1.165, 1.54) is 0 Å². The van der Waals surface area contributed by atoms with Gasteiger partial charge in [-0.1, -0.05) is 22.9 Å². The predicted molar refractivity (Wildman–Crippen MR) is 62.4 cm³/mol. The van der Waals surface area contributed by atoms with E-state index in [9.17, 15) is 18.0 Å². The Morgan fingerprint density at radius 3 is 2.55 bits per heavy atom. The van der Waals surface area contributed by atoms with Crippen molar-refractivity contribution in [1.82, 2.24) is 15.5 Å². The average Bonchev–Trinajstić information content (AvgIpc) is 2.84. The quantitative estimate of drug-likeness (QED) is 0.939. The van der Waals surface area contributed by atoms with E-state index in [0.717, 1.165) is 5.56 Å². The standard InChI is InChI=1S/C12H10F3N3O2/c1-7-2-4-8(5-3-7)10-17-9(18-20-10)6-16-11(19)12(13,14)15/h2-5H,6H2,1H3,(H,16,19). The molecule has 0 unspecified atom stereocenters. The molecule has 8 heteroatoms. The third-order valence-electron chi connectivity index (χ3n) is 2.43. The molecule has 0 radical (unpaired) electrons. The number of aromatic nitrogens is 2. The lowest BCUT2D eigenvalue weighted by Crippen LogP contribution is -2.36. The van der Waals surface area contributed by atoms with Crippen molar-refractivity contribution in [2.75, 3.05) is 0 Å². The Labute approximate surface area is 111 Å². The third-order valence-corrected chi connectivity index (χ3v) is 2.43. The summed E-state index contributed by atoms with van der Waals surface area (Å²) in [5.74, 6) is -1.89. The number of aryl methyl sites for hydroxylation is 1. The summed E-state index contributed by atoms with van der Waals surface area (Å²) in [6.45, 7) is 1.46. The normalized spacial score (nSPS) is 11.4. The first-order valence-electron chi connectivity index (χ1n) is 5.61. The maximum atomic E-state index is 12.0. The zero-order valence-corrected chi connectivity index (χ0v) is 10.4. The second-order valence-electron chi connectivity index (χ2n) is 4.06. The highest BCUT2D eigenvalue weighted by Crippen LogP contribution is 2.18. The third kappa shape index (κ3) is 3.34. The first-order valence-corrected chi connectivity index (χ1v) is 5.61. The summed E-state index contributed by atoms with van der Waals surface area (Å²) in [5, 5.41) is 5.16. The van der Waals surface area contributed by atoms with E-state index in [1.54, 1.807) is 17.4 Å². The Balaban J connectivity index is 2.03. The number of amides is 1. The number of benzene rings is 1. The number of carbonyl (C=O) groups is 1. The van der Waals surface area contributed by atoms with Gasteiger partial charge in [0.2, 0.25) is 0 Å². The predicted octanol–water partition coefficient (Wildman–Crippen LogP) is 2.22. The molecule has 5 nitrogen and oxygen atoms in total. The first kappa shape index (κ1) is 14.0. The first-order chi connectivity index (χ1) is 9.36. The molecule has 0 spiro atoms. The van der Waals surface area contributed by atoms with Gasteiger partial charge in [0.15, 0.2) is 5.82 Å². The van der Waals surface area contributed by atoms with E-state index in [1.807, 2.05) is 19.1 Å². The molecule has 20 heavy (non-hydrogen) atoms. The van der Waals surface area contributed by atoms with Crippen molar-refractivity contribution >= 4 is 5.91 Å². The Bertz CT molecular complexity index is 605. The van der Waals surface area contributed by atoms with Crippen LogP contribution >= 0.6 is 0 Å². The maximum absolute atomic E-state index is 12.0. The molecule has 1 heterocycles. The van der Waals surface area contributed by atoms with Crippen LogP contribution in [0.2, 0.25) is 0 Å². The lowest BCUT2D eigenvalue weighted by molar-refractivity contribution is -0.173. The second-order valence-corrected chi connectivity index (χ2v) is 4.06. The molecule has 1 amide bonds. The molecule has 0 bridgehead atoms. The van der Waals surface area contributed by atoms with Crippen LogP contribution in [0, 0.1) is 6.92 Å². The number of rotatable bonds is 3. The van der Waals surface area contributed by atoms with E-state index in [2.05, 4.69) is 10.1 Å². The summed E-state index contributed by atoms with van der Waals surface area (Å²) in [6.07, 6.45) is -4.93. The molecule has 2 rings (SSSR count). The summed E-state index contributed by atoms with van der Waals surface area (Å²) >= 11 is 0. The number of alkyl halides is 3. The number of nitrogens with zero attached hydrogens (tertiary/aromatic N) is 2. The molecule has 0 fully saturated rings. The van der Waals surface area contributed by atoms with Crippen molar-refractivity contribution in [2.45, 2.75) is 19.6 Å². The van der Waals surface area contributed by atoms with E-state index in [-0.39, 0.29) is 11.7 Å². The molecule has 0 saturated heterocycles. The van der Waals surface area contributed by atoms with Crippen LogP contribution in [0.4, 0.5) is 13.2 Å². The Morgan fingerprint density at radius 1 is 1.30 bits per heavy atom. The lowest BCUT2D eigenvalue weighted by atomic mass is 10.1. The minimum Gasteiger partial charge on any atom is -0.341 e. The van der Waals surface area contributed by atoms with Gasteiger partial charge in [0.1, 0.15) is 0 Å². The molecule has 1 N–H and O–H groups in total. The van der Waals surface area contributed by atoms with Crippen molar-refractivity contribution in [1.29, 1.82) is 0 Å². The van der Waals surface area contributed by atoms with Gasteiger partial charge in [0, 0.05) is 5.56 Å². The number of carbonyl (C=O) groups excluding carboxylic acids is 1. The van der Waals surface area contributed by atoms with Crippen molar-refractivity contribution in [3.05, 3.63) is 35.7 Å². The molecule has 0 atom stereocenters. The number of hydrogen-bond donors (Lipinski definition) is 1. The molecule has 0 aliphatic rings. The van der Waals surface area contributed by atoms with Gasteiger partial charge in [0.05, 0.1) is 6.54 Å². The molecule has 1 aromatic heterocycles. The topological polar surface area (TPSA) is 68.0 Å². The molecule has 0 aliphatic carbocycles. The molecular formula is C12H10F3N3O2. The van der Waals surface area contributed by atoms with Gasteiger partial charge in [-0.25, -0.2) is 0 Å². The minimum absolute atomic E-state index is 0.0295. The Morgan fingerprint density at radius 2 is 1.95 bits per heavy atom. The van der Waals surface area contributed by atoms with Crippen LogP contribution in [0.5, 0.6) is 0 Å². The fourth-order valence-electron chi connectivity index (χ4n) is 1.40. The highest BCUT2D eigenvalue weighted by molar-refractivity contribution is 5.81. The summed E-state index contributed by atoms with van der Waals surface area (Å²) in [6, 6.07) is 7.18.